The van der Waals surface area contributed by atoms with Crippen LogP contribution in [0, 0.1) is 0 Å². The molecule has 0 bridgehead atoms. The molecule has 0 unspecified atom stereocenters. The summed E-state index contributed by atoms with van der Waals surface area (Å²) < 4.78 is 16.2. The molecule has 1 heterocycles. The van der Waals surface area contributed by atoms with Gasteiger partial charge in [-0.2, -0.15) is 0 Å². The quantitative estimate of drug-likeness (QED) is 0.764. The van der Waals surface area contributed by atoms with Crippen molar-refractivity contribution in [2.75, 3.05) is 13.3 Å². The maximum atomic E-state index is 12.5. The minimum absolute atomic E-state index is 0.108. The Morgan fingerprint density at radius 1 is 1.24 bits per heavy atom. The van der Waals surface area contributed by atoms with Crippen molar-refractivity contribution in [2.45, 2.75) is 58.3 Å². The van der Waals surface area contributed by atoms with Crippen LogP contribution in [0.4, 0.5) is 4.79 Å². The van der Waals surface area contributed by atoms with Crippen molar-refractivity contribution >= 4 is 12.1 Å². The van der Waals surface area contributed by atoms with Crippen molar-refractivity contribution in [1.29, 1.82) is 0 Å². The number of hydrogen-bond acceptors (Lipinski definition) is 5. The standard InChI is InChI=1S/C19H27NO5/c1-5-23-17(21)12-16-15(11-14-9-7-6-8-10-14)20(13-24-16)18(22)25-19(2,3)4/h6-10,15-16H,5,11-13H2,1-4H3/t15-,16+/m0/s1. The smallest absolute Gasteiger partial charge is 0.412 e. The second kappa shape index (κ2) is 8.34. The van der Waals surface area contributed by atoms with E-state index >= 15 is 0 Å². The van der Waals surface area contributed by atoms with E-state index in [-0.39, 0.29) is 25.2 Å². The molecule has 1 aliphatic heterocycles. The average molecular weight is 349 g/mol. The zero-order valence-electron chi connectivity index (χ0n) is 15.4. The summed E-state index contributed by atoms with van der Waals surface area (Å²) in [6.45, 7) is 7.67. The van der Waals surface area contributed by atoms with Gasteiger partial charge in [-0.3, -0.25) is 9.69 Å². The first-order valence-electron chi connectivity index (χ1n) is 8.61. The third-order valence-corrected chi connectivity index (χ3v) is 3.85. The van der Waals surface area contributed by atoms with Crippen molar-refractivity contribution in [3.8, 4) is 0 Å². The van der Waals surface area contributed by atoms with Gasteiger partial charge in [-0.05, 0) is 39.7 Å². The molecule has 1 aromatic carbocycles. The highest BCUT2D eigenvalue weighted by Crippen LogP contribution is 2.26. The first-order chi connectivity index (χ1) is 11.8. The molecule has 1 amide bonds. The number of esters is 1. The Morgan fingerprint density at radius 2 is 1.92 bits per heavy atom. The van der Waals surface area contributed by atoms with E-state index in [1.54, 1.807) is 11.8 Å². The van der Waals surface area contributed by atoms with E-state index in [0.29, 0.717) is 13.0 Å². The Morgan fingerprint density at radius 3 is 2.52 bits per heavy atom. The number of nitrogens with zero attached hydrogens (tertiary/aromatic N) is 1. The summed E-state index contributed by atoms with van der Waals surface area (Å²) >= 11 is 0. The van der Waals surface area contributed by atoms with Crippen LogP contribution < -0.4 is 0 Å². The fourth-order valence-electron chi connectivity index (χ4n) is 2.77. The predicted octanol–water partition coefficient (Wildman–Crippen LogP) is 3.14. The van der Waals surface area contributed by atoms with Gasteiger partial charge in [-0.25, -0.2) is 4.79 Å². The number of hydrogen-bond donors (Lipinski definition) is 0. The maximum Gasteiger partial charge on any atom is 0.412 e. The number of carbonyl (C=O) groups excluding carboxylic acids is 2. The van der Waals surface area contributed by atoms with E-state index in [4.69, 9.17) is 14.2 Å². The van der Waals surface area contributed by atoms with Crippen LogP contribution in [0.2, 0.25) is 0 Å². The lowest BCUT2D eigenvalue weighted by Gasteiger charge is -2.28. The summed E-state index contributed by atoms with van der Waals surface area (Å²) in [4.78, 5) is 25.9. The number of benzene rings is 1. The van der Waals surface area contributed by atoms with Crippen LogP contribution in [0.5, 0.6) is 0 Å². The van der Waals surface area contributed by atoms with Gasteiger partial charge in [-0.1, -0.05) is 30.3 Å². The molecular formula is C19H27NO5. The Labute approximate surface area is 149 Å². The number of ether oxygens (including phenoxy) is 3. The van der Waals surface area contributed by atoms with Crippen molar-refractivity contribution in [2.24, 2.45) is 0 Å². The molecule has 2 rings (SSSR count). The summed E-state index contributed by atoms with van der Waals surface area (Å²) in [6, 6.07) is 9.55. The summed E-state index contributed by atoms with van der Waals surface area (Å²) in [7, 11) is 0. The van der Waals surface area contributed by atoms with Crippen molar-refractivity contribution in [1.82, 2.24) is 4.90 Å². The van der Waals surface area contributed by atoms with E-state index in [2.05, 4.69) is 0 Å². The molecule has 1 fully saturated rings. The Kier molecular flexibility index (Phi) is 6.42. The SMILES string of the molecule is CCOC(=O)C[C@H]1OCN(C(=O)OC(C)(C)C)[C@H]1Cc1ccccc1. The molecule has 0 aromatic heterocycles. The van der Waals surface area contributed by atoms with Gasteiger partial charge >= 0.3 is 12.1 Å². The van der Waals surface area contributed by atoms with E-state index in [9.17, 15) is 9.59 Å². The average Bonchev–Trinajstić information content (AvgIpc) is 2.89. The van der Waals surface area contributed by atoms with Crippen LogP contribution in [-0.2, 0) is 25.4 Å². The van der Waals surface area contributed by atoms with Gasteiger partial charge in [0.2, 0.25) is 0 Å². The molecule has 1 saturated heterocycles. The topological polar surface area (TPSA) is 65.1 Å². The highest BCUT2D eigenvalue weighted by Gasteiger charge is 2.41. The lowest BCUT2D eigenvalue weighted by atomic mass is 9.99. The fourth-order valence-corrected chi connectivity index (χ4v) is 2.77. The highest BCUT2D eigenvalue weighted by atomic mass is 16.6. The molecule has 0 N–H and O–H groups in total. The molecule has 6 nitrogen and oxygen atoms in total. The van der Waals surface area contributed by atoms with Crippen LogP contribution in [0.3, 0.4) is 0 Å². The largest absolute Gasteiger partial charge is 0.466 e. The lowest BCUT2D eigenvalue weighted by Crippen LogP contribution is -2.44. The number of carbonyl (C=O) groups is 2. The van der Waals surface area contributed by atoms with Crippen LogP contribution in [0.15, 0.2) is 30.3 Å². The van der Waals surface area contributed by atoms with Crippen molar-refractivity contribution < 1.29 is 23.8 Å². The number of rotatable bonds is 5. The van der Waals surface area contributed by atoms with Crippen LogP contribution in [0.25, 0.3) is 0 Å². The summed E-state index contributed by atoms with van der Waals surface area (Å²) in [6.07, 6.45) is -0.138. The normalized spacial score (nSPS) is 20.4. The van der Waals surface area contributed by atoms with E-state index in [1.165, 1.54) is 0 Å². The Balaban J connectivity index is 2.14. The molecule has 6 heteroatoms. The fraction of sp³-hybridized carbons (Fsp3) is 0.579. The molecule has 1 aliphatic rings. The zero-order chi connectivity index (χ0) is 18.4. The van der Waals surface area contributed by atoms with Gasteiger partial charge in [-0.15, -0.1) is 0 Å². The van der Waals surface area contributed by atoms with Gasteiger partial charge in [0.05, 0.1) is 25.2 Å². The van der Waals surface area contributed by atoms with Gasteiger partial charge in [0.25, 0.3) is 0 Å². The van der Waals surface area contributed by atoms with Crippen LogP contribution >= 0.6 is 0 Å². The lowest BCUT2D eigenvalue weighted by molar-refractivity contribution is -0.145. The highest BCUT2D eigenvalue weighted by molar-refractivity contribution is 5.71. The Bertz CT molecular complexity index is 581. The Hall–Kier alpha value is -2.08. The molecule has 0 spiro atoms. The van der Waals surface area contributed by atoms with Gasteiger partial charge in [0.15, 0.2) is 0 Å². The first kappa shape index (κ1) is 19.2. The third-order valence-electron chi connectivity index (χ3n) is 3.85. The molecule has 1 aromatic rings. The van der Waals surface area contributed by atoms with Gasteiger partial charge < -0.3 is 14.2 Å². The van der Waals surface area contributed by atoms with E-state index in [1.807, 2.05) is 51.1 Å². The molecule has 138 valence electrons. The molecule has 0 saturated carbocycles. The summed E-state index contributed by atoms with van der Waals surface area (Å²) in [5.74, 6) is -0.323. The second-order valence-electron chi connectivity index (χ2n) is 7.05. The van der Waals surface area contributed by atoms with Crippen LogP contribution in [-0.4, -0.2) is 48.0 Å². The zero-order valence-corrected chi connectivity index (χ0v) is 15.4. The first-order valence-corrected chi connectivity index (χ1v) is 8.61. The predicted molar refractivity (Wildman–Crippen MR) is 93.0 cm³/mol. The molecule has 0 aliphatic carbocycles. The van der Waals surface area contributed by atoms with E-state index < -0.39 is 17.8 Å². The summed E-state index contributed by atoms with van der Waals surface area (Å²) in [5, 5.41) is 0. The number of amides is 1. The van der Waals surface area contributed by atoms with Gasteiger partial charge in [0.1, 0.15) is 12.3 Å². The van der Waals surface area contributed by atoms with Gasteiger partial charge in [0, 0.05) is 0 Å². The maximum absolute atomic E-state index is 12.5. The minimum Gasteiger partial charge on any atom is -0.466 e. The summed E-state index contributed by atoms with van der Waals surface area (Å²) in [5.41, 5.74) is 0.480. The molecular weight excluding hydrogens is 322 g/mol. The van der Waals surface area contributed by atoms with E-state index in [0.717, 1.165) is 5.56 Å². The van der Waals surface area contributed by atoms with Crippen molar-refractivity contribution in [3.05, 3.63) is 35.9 Å². The second-order valence-corrected chi connectivity index (χ2v) is 7.05. The van der Waals surface area contributed by atoms with Crippen molar-refractivity contribution in [3.63, 3.8) is 0 Å². The van der Waals surface area contributed by atoms with Crippen LogP contribution in [0.1, 0.15) is 39.7 Å². The molecule has 2 atom stereocenters. The molecule has 25 heavy (non-hydrogen) atoms. The minimum atomic E-state index is -0.590. The molecule has 0 radical (unpaired) electrons. The third kappa shape index (κ3) is 5.74. The monoisotopic (exact) mass is 349 g/mol.